The quantitative estimate of drug-likeness (QED) is 0.868. The van der Waals surface area contributed by atoms with Crippen molar-refractivity contribution in [2.24, 2.45) is 0 Å². The monoisotopic (exact) mass is 271 g/mol. The number of ether oxygens (including phenoxy) is 1. The van der Waals surface area contributed by atoms with Gasteiger partial charge in [0.2, 0.25) is 0 Å². The third-order valence-electron chi connectivity index (χ3n) is 2.93. The molecule has 0 aliphatic heterocycles. The maximum Gasteiger partial charge on any atom is 0.131 e. The van der Waals surface area contributed by atoms with Gasteiger partial charge in [-0.2, -0.15) is 0 Å². The number of nitrogens with zero attached hydrogens (tertiary/aromatic N) is 2. The van der Waals surface area contributed by atoms with Crippen LogP contribution in [0.4, 0.5) is 5.69 Å². The fourth-order valence-electron chi connectivity index (χ4n) is 1.80. The Hall–Kier alpha value is -2.10. The third-order valence-corrected chi connectivity index (χ3v) is 2.93. The molecule has 0 fully saturated rings. The second kappa shape index (κ2) is 5.90. The van der Waals surface area contributed by atoms with Gasteiger partial charge in [0, 0.05) is 35.5 Å². The zero-order chi connectivity index (χ0) is 14.6. The lowest BCUT2D eigenvalue weighted by molar-refractivity contribution is 0.318. The fourth-order valence-corrected chi connectivity index (χ4v) is 1.80. The normalized spacial score (nSPS) is 11.3. The van der Waals surface area contributed by atoms with Gasteiger partial charge in [0.25, 0.3) is 0 Å². The lowest BCUT2D eigenvalue weighted by Gasteiger charge is -2.17. The Morgan fingerprint density at radius 3 is 2.70 bits per heavy atom. The summed E-state index contributed by atoms with van der Waals surface area (Å²) in [6.45, 7) is 6.96. The summed E-state index contributed by atoms with van der Waals surface area (Å²) in [5, 5.41) is 0. The molecular weight excluding hydrogens is 250 g/mol. The van der Waals surface area contributed by atoms with Crippen LogP contribution in [0.2, 0.25) is 0 Å². The first kappa shape index (κ1) is 14.3. The summed E-state index contributed by atoms with van der Waals surface area (Å²) in [6, 6.07) is 9.38. The summed E-state index contributed by atoms with van der Waals surface area (Å²) in [5.74, 6) is 1.58. The van der Waals surface area contributed by atoms with Gasteiger partial charge in [0.15, 0.2) is 0 Å². The molecule has 1 aromatic heterocycles. The van der Waals surface area contributed by atoms with E-state index in [1.807, 2.05) is 36.5 Å². The molecule has 2 aromatic rings. The van der Waals surface area contributed by atoms with E-state index in [9.17, 15) is 0 Å². The molecular formula is C16H21N3O. The molecule has 0 unspecified atom stereocenters. The van der Waals surface area contributed by atoms with Crippen LogP contribution in [0.1, 0.15) is 32.3 Å². The van der Waals surface area contributed by atoms with Crippen LogP contribution in [0.25, 0.3) is 0 Å². The van der Waals surface area contributed by atoms with E-state index in [4.69, 9.17) is 10.5 Å². The molecule has 0 amide bonds. The van der Waals surface area contributed by atoms with E-state index < -0.39 is 0 Å². The van der Waals surface area contributed by atoms with Gasteiger partial charge < -0.3 is 10.5 Å². The number of nitrogens with two attached hydrogens (primary N) is 1. The average molecular weight is 271 g/mol. The lowest BCUT2D eigenvalue weighted by Crippen LogP contribution is -2.16. The standard InChI is InChI=1S/C16H21N3O/c1-16(2,3)14-7-9-18-15(19-14)8-10-20-13-6-4-5-12(17)11-13/h4-7,9,11H,8,10,17H2,1-3H3. The summed E-state index contributed by atoms with van der Waals surface area (Å²) in [5.41, 5.74) is 7.49. The number of anilines is 1. The van der Waals surface area contributed by atoms with E-state index in [1.54, 1.807) is 0 Å². The second-order valence-electron chi connectivity index (χ2n) is 5.78. The van der Waals surface area contributed by atoms with E-state index in [0.29, 0.717) is 18.7 Å². The van der Waals surface area contributed by atoms with Gasteiger partial charge in [-0.05, 0) is 18.2 Å². The van der Waals surface area contributed by atoms with Crippen molar-refractivity contribution < 1.29 is 4.74 Å². The van der Waals surface area contributed by atoms with Crippen LogP contribution in [0, 0.1) is 0 Å². The predicted molar refractivity (Wildman–Crippen MR) is 80.8 cm³/mol. The Morgan fingerprint density at radius 2 is 2.00 bits per heavy atom. The topological polar surface area (TPSA) is 61.0 Å². The van der Waals surface area contributed by atoms with E-state index in [2.05, 4.69) is 30.7 Å². The number of rotatable bonds is 4. The molecule has 20 heavy (non-hydrogen) atoms. The van der Waals surface area contributed by atoms with Crippen LogP contribution in [0.3, 0.4) is 0 Å². The Kier molecular flexibility index (Phi) is 4.23. The van der Waals surface area contributed by atoms with Crippen LogP contribution in [-0.4, -0.2) is 16.6 Å². The number of nitrogen functional groups attached to an aromatic ring is 1. The molecule has 0 bridgehead atoms. The Labute approximate surface area is 120 Å². The Balaban J connectivity index is 1.94. The number of aromatic nitrogens is 2. The molecule has 2 N–H and O–H groups in total. The zero-order valence-corrected chi connectivity index (χ0v) is 12.3. The highest BCUT2D eigenvalue weighted by molar-refractivity contribution is 5.43. The minimum atomic E-state index is 0.0342. The van der Waals surface area contributed by atoms with Gasteiger partial charge in [0.1, 0.15) is 11.6 Å². The molecule has 0 radical (unpaired) electrons. The Bertz CT molecular complexity index is 576. The molecule has 2 rings (SSSR count). The predicted octanol–water partition coefficient (Wildman–Crippen LogP) is 2.98. The van der Waals surface area contributed by atoms with Crippen molar-refractivity contribution >= 4 is 5.69 Å². The summed E-state index contributed by atoms with van der Waals surface area (Å²) in [6.07, 6.45) is 2.49. The van der Waals surface area contributed by atoms with E-state index >= 15 is 0 Å². The summed E-state index contributed by atoms with van der Waals surface area (Å²) < 4.78 is 5.66. The van der Waals surface area contributed by atoms with Crippen LogP contribution >= 0.6 is 0 Å². The van der Waals surface area contributed by atoms with Crippen molar-refractivity contribution in [3.05, 3.63) is 48.0 Å². The van der Waals surface area contributed by atoms with Crippen molar-refractivity contribution in [2.45, 2.75) is 32.6 Å². The van der Waals surface area contributed by atoms with E-state index in [1.165, 1.54) is 0 Å². The van der Waals surface area contributed by atoms with Crippen LogP contribution in [-0.2, 0) is 11.8 Å². The maximum atomic E-state index is 5.70. The van der Waals surface area contributed by atoms with Crippen LogP contribution < -0.4 is 10.5 Å². The van der Waals surface area contributed by atoms with Gasteiger partial charge in [-0.25, -0.2) is 9.97 Å². The molecule has 0 saturated heterocycles. The summed E-state index contributed by atoms with van der Waals surface area (Å²) in [4.78, 5) is 8.86. The Morgan fingerprint density at radius 1 is 1.20 bits per heavy atom. The first-order valence-electron chi connectivity index (χ1n) is 6.76. The van der Waals surface area contributed by atoms with Crippen molar-refractivity contribution in [3.63, 3.8) is 0 Å². The smallest absolute Gasteiger partial charge is 0.131 e. The second-order valence-corrected chi connectivity index (χ2v) is 5.78. The van der Waals surface area contributed by atoms with Crippen molar-refractivity contribution in [1.82, 2.24) is 9.97 Å². The molecule has 4 heteroatoms. The molecule has 1 heterocycles. The zero-order valence-electron chi connectivity index (χ0n) is 12.3. The largest absolute Gasteiger partial charge is 0.493 e. The highest BCUT2D eigenvalue weighted by Gasteiger charge is 2.15. The van der Waals surface area contributed by atoms with E-state index in [-0.39, 0.29) is 5.41 Å². The first-order valence-corrected chi connectivity index (χ1v) is 6.76. The van der Waals surface area contributed by atoms with Crippen LogP contribution in [0.15, 0.2) is 36.5 Å². The van der Waals surface area contributed by atoms with Gasteiger partial charge in [-0.15, -0.1) is 0 Å². The van der Waals surface area contributed by atoms with Crippen molar-refractivity contribution in [3.8, 4) is 5.75 Å². The fraction of sp³-hybridized carbons (Fsp3) is 0.375. The van der Waals surface area contributed by atoms with Crippen LogP contribution in [0.5, 0.6) is 5.75 Å². The third kappa shape index (κ3) is 3.95. The first-order chi connectivity index (χ1) is 9.45. The highest BCUT2D eigenvalue weighted by atomic mass is 16.5. The molecule has 0 saturated carbocycles. The molecule has 0 atom stereocenters. The summed E-state index contributed by atoms with van der Waals surface area (Å²) >= 11 is 0. The number of hydrogen-bond donors (Lipinski definition) is 1. The highest BCUT2D eigenvalue weighted by Crippen LogP contribution is 2.19. The van der Waals surface area contributed by atoms with Gasteiger partial charge >= 0.3 is 0 Å². The number of hydrogen-bond acceptors (Lipinski definition) is 4. The molecule has 1 aromatic carbocycles. The van der Waals surface area contributed by atoms with Crippen molar-refractivity contribution in [2.75, 3.05) is 12.3 Å². The number of benzene rings is 1. The molecule has 106 valence electrons. The SMILES string of the molecule is CC(C)(C)c1ccnc(CCOc2cccc(N)c2)n1. The molecule has 0 aliphatic carbocycles. The molecule has 0 spiro atoms. The van der Waals surface area contributed by atoms with Gasteiger partial charge in [0.05, 0.1) is 6.61 Å². The van der Waals surface area contributed by atoms with E-state index in [0.717, 1.165) is 17.3 Å². The van der Waals surface area contributed by atoms with Gasteiger partial charge in [-0.1, -0.05) is 26.8 Å². The average Bonchev–Trinajstić information content (AvgIpc) is 2.38. The summed E-state index contributed by atoms with van der Waals surface area (Å²) in [7, 11) is 0. The minimum absolute atomic E-state index is 0.0342. The molecule has 0 aliphatic rings. The van der Waals surface area contributed by atoms with Crippen molar-refractivity contribution in [1.29, 1.82) is 0 Å². The maximum absolute atomic E-state index is 5.70. The molecule has 4 nitrogen and oxygen atoms in total. The lowest BCUT2D eigenvalue weighted by atomic mass is 9.92. The van der Waals surface area contributed by atoms with Gasteiger partial charge in [-0.3, -0.25) is 0 Å². The minimum Gasteiger partial charge on any atom is -0.493 e.